The highest BCUT2D eigenvalue weighted by molar-refractivity contribution is 7.10. The van der Waals surface area contributed by atoms with Crippen molar-refractivity contribution in [3.8, 4) is 0 Å². The zero-order chi connectivity index (χ0) is 15.2. The van der Waals surface area contributed by atoms with E-state index in [2.05, 4.69) is 5.32 Å². The molecule has 0 aliphatic rings. The van der Waals surface area contributed by atoms with E-state index in [9.17, 15) is 9.59 Å². The van der Waals surface area contributed by atoms with Crippen LogP contribution in [-0.4, -0.2) is 11.7 Å². The molecule has 1 N–H and O–H groups in total. The maximum Gasteiger partial charge on any atom is 0.220 e. The molecule has 1 aromatic carbocycles. The van der Waals surface area contributed by atoms with Gasteiger partial charge in [-0.25, -0.2) is 0 Å². The summed E-state index contributed by atoms with van der Waals surface area (Å²) in [5, 5.41) is 4.87. The summed E-state index contributed by atoms with van der Waals surface area (Å²) >= 11 is 1.63. The number of hydrogen-bond donors (Lipinski definition) is 1. The van der Waals surface area contributed by atoms with Crippen LogP contribution < -0.4 is 5.32 Å². The van der Waals surface area contributed by atoms with Crippen LogP contribution in [0.4, 0.5) is 0 Å². The summed E-state index contributed by atoms with van der Waals surface area (Å²) in [5.74, 6) is -0.0688. The number of rotatable bonds is 6. The number of carbonyl (C=O) groups excluding carboxylic acids is 2. The third-order valence-corrected chi connectivity index (χ3v) is 4.39. The third kappa shape index (κ3) is 4.53. The number of amides is 1. The molecule has 0 fully saturated rings. The monoisotopic (exact) mass is 301 g/mol. The Hall–Kier alpha value is -1.94. The first-order valence-electron chi connectivity index (χ1n) is 6.96. The molecule has 110 valence electrons. The van der Waals surface area contributed by atoms with Crippen molar-refractivity contribution in [2.75, 3.05) is 0 Å². The molecule has 21 heavy (non-hydrogen) atoms. The van der Waals surface area contributed by atoms with Crippen LogP contribution in [0, 0.1) is 13.8 Å². The fourth-order valence-corrected chi connectivity index (χ4v) is 2.81. The van der Waals surface area contributed by atoms with Gasteiger partial charge in [0.05, 0.1) is 6.54 Å². The SMILES string of the molecule is Cc1ccc(C(=O)CCC(=O)NCc2sccc2C)cc1. The second-order valence-corrected chi connectivity index (χ2v) is 6.09. The van der Waals surface area contributed by atoms with Crippen molar-refractivity contribution in [2.45, 2.75) is 33.2 Å². The lowest BCUT2D eigenvalue weighted by Gasteiger charge is -2.05. The molecule has 2 rings (SSSR count). The minimum Gasteiger partial charge on any atom is -0.351 e. The second kappa shape index (κ2) is 7.18. The van der Waals surface area contributed by atoms with E-state index in [0.29, 0.717) is 12.1 Å². The number of ketones is 1. The number of aryl methyl sites for hydroxylation is 2. The van der Waals surface area contributed by atoms with Gasteiger partial charge in [0.25, 0.3) is 0 Å². The highest BCUT2D eigenvalue weighted by atomic mass is 32.1. The Morgan fingerprint density at radius 3 is 2.38 bits per heavy atom. The van der Waals surface area contributed by atoms with Crippen LogP contribution in [0.2, 0.25) is 0 Å². The van der Waals surface area contributed by atoms with Gasteiger partial charge in [-0.15, -0.1) is 11.3 Å². The van der Waals surface area contributed by atoms with Gasteiger partial charge < -0.3 is 5.32 Å². The van der Waals surface area contributed by atoms with Gasteiger partial charge in [0.1, 0.15) is 0 Å². The van der Waals surface area contributed by atoms with Crippen LogP contribution in [0.1, 0.15) is 39.2 Å². The zero-order valence-corrected chi connectivity index (χ0v) is 13.1. The van der Waals surface area contributed by atoms with Gasteiger partial charge in [-0.05, 0) is 30.9 Å². The molecule has 3 nitrogen and oxygen atoms in total. The molecule has 4 heteroatoms. The molecule has 0 aliphatic carbocycles. The smallest absolute Gasteiger partial charge is 0.220 e. The first-order chi connectivity index (χ1) is 10.1. The Morgan fingerprint density at radius 2 is 1.76 bits per heavy atom. The van der Waals surface area contributed by atoms with Crippen molar-refractivity contribution in [1.29, 1.82) is 0 Å². The quantitative estimate of drug-likeness (QED) is 0.828. The maximum absolute atomic E-state index is 12.0. The summed E-state index contributed by atoms with van der Waals surface area (Å²) in [4.78, 5) is 24.9. The summed E-state index contributed by atoms with van der Waals surface area (Å²) < 4.78 is 0. The minimum absolute atomic E-state index is 0.0115. The lowest BCUT2D eigenvalue weighted by Crippen LogP contribution is -2.23. The summed E-state index contributed by atoms with van der Waals surface area (Å²) in [5.41, 5.74) is 2.98. The lowest BCUT2D eigenvalue weighted by molar-refractivity contribution is -0.121. The highest BCUT2D eigenvalue weighted by Crippen LogP contribution is 2.15. The van der Waals surface area contributed by atoms with Crippen molar-refractivity contribution < 1.29 is 9.59 Å². The van der Waals surface area contributed by atoms with Crippen LogP contribution in [0.25, 0.3) is 0 Å². The molecule has 0 saturated heterocycles. The molecule has 0 unspecified atom stereocenters. The van der Waals surface area contributed by atoms with E-state index >= 15 is 0 Å². The van der Waals surface area contributed by atoms with E-state index in [0.717, 1.165) is 10.4 Å². The molecule has 2 aromatic rings. The standard InChI is InChI=1S/C17H19NO2S/c1-12-3-5-14(6-4-12)15(19)7-8-17(20)18-11-16-13(2)9-10-21-16/h3-6,9-10H,7-8,11H2,1-2H3,(H,18,20). The van der Waals surface area contributed by atoms with Gasteiger partial charge >= 0.3 is 0 Å². The van der Waals surface area contributed by atoms with Crippen molar-refractivity contribution in [2.24, 2.45) is 0 Å². The van der Waals surface area contributed by atoms with Crippen molar-refractivity contribution in [3.05, 3.63) is 57.3 Å². The number of carbonyl (C=O) groups is 2. The summed E-state index contributed by atoms with van der Waals surface area (Å²) in [6, 6.07) is 9.47. The molecular formula is C17H19NO2S. The summed E-state index contributed by atoms with van der Waals surface area (Å²) in [6.07, 6.45) is 0.482. The van der Waals surface area contributed by atoms with E-state index in [1.54, 1.807) is 11.3 Å². The molecule has 0 aliphatic heterocycles. The minimum atomic E-state index is -0.0803. The van der Waals surface area contributed by atoms with Crippen LogP contribution in [0.5, 0.6) is 0 Å². The number of nitrogens with one attached hydrogen (secondary N) is 1. The molecule has 0 bridgehead atoms. The lowest BCUT2D eigenvalue weighted by atomic mass is 10.1. The normalized spacial score (nSPS) is 10.4. The second-order valence-electron chi connectivity index (χ2n) is 5.09. The van der Waals surface area contributed by atoms with E-state index in [4.69, 9.17) is 0 Å². The van der Waals surface area contributed by atoms with Gasteiger partial charge in [0.15, 0.2) is 5.78 Å². The van der Waals surface area contributed by atoms with Gasteiger partial charge in [0.2, 0.25) is 5.91 Å². The average Bonchev–Trinajstić information content (AvgIpc) is 2.88. The van der Waals surface area contributed by atoms with Gasteiger partial charge in [-0.3, -0.25) is 9.59 Å². The van der Waals surface area contributed by atoms with Crippen molar-refractivity contribution in [3.63, 3.8) is 0 Å². The van der Waals surface area contributed by atoms with E-state index in [-0.39, 0.29) is 24.5 Å². The molecule has 0 atom stereocenters. The Balaban J connectivity index is 1.77. The molecule has 1 aromatic heterocycles. The third-order valence-electron chi connectivity index (χ3n) is 3.37. The van der Waals surface area contributed by atoms with Crippen LogP contribution >= 0.6 is 11.3 Å². The van der Waals surface area contributed by atoms with E-state index in [1.807, 2.05) is 49.6 Å². The van der Waals surface area contributed by atoms with Crippen LogP contribution in [-0.2, 0) is 11.3 Å². The van der Waals surface area contributed by atoms with E-state index < -0.39 is 0 Å². The van der Waals surface area contributed by atoms with Crippen LogP contribution in [0.15, 0.2) is 35.7 Å². The molecule has 1 amide bonds. The number of hydrogen-bond acceptors (Lipinski definition) is 3. The molecule has 0 saturated carbocycles. The Morgan fingerprint density at radius 1 is 1.05 bits per heavy atom. The topological polar surface area (TPSA) is 46.2 Å². The number of benzene rings is 1. The highest BCUT2D eigenvalue weighted by Gasteiger charge is 2.09. The maximum atomic E-state index is 12.0. The Kier molecular flexibility index (Phi) is 5.28. The molecule has 0 spiro atoms. The van der Waals surface area contributed by atoms with Crippen LogP contribution in [0.3, 0.4) is 0 Å². The number of thiophene rings is 1. The predicted molar refractivity (Wildman–Crippen MR) is 85.6 cm³/mol. The van der Waals surface area contributed by atoms with Gasteiger partial charge in [0, 0.05) is 23.3 Å². The molecule has 0 radical (unpaired) electrons. The molecular weight excluding hydrogens is 282 g/mol. The number of Topliss-reactive ketones (excluding diaryl/α,β-unsaturated/α-hetero) is 1. The predicted octanol–water partition coefficient (Wildman–Crippen LogP) is 3.64. The van der Waals surface area contributed by atoms with Gasteiger partial charge in [-0.2, -0.15) is 0 Å². The first kappa shape index (κ1) is 15.4. The summed E-state index contributed by atoms with van der Waals surface area (Å²) in [6.45, 7) is 4.55. The first-order valence-corrected chi connectivity index (χ1v) is 7.84. The van der Waals surface area contributed by atoms with Crippen molar-refractivity contribution in [1.82, 2.24) is 5.32 Å². The molecule has 1 heterocycles. The summed E-state index contributed by atoms with van der Waals surface area (Å²) in [7, 11) is 0. The average molecular weight is 301 g/mol. The zero-order valence-electron chi connectivity index (χ0n) is 12.3. The Labute approximate surface area is 129 Å². The largest absolute Gasteiger partial charge is 0.351 e. The fourth-order valence-electron chi connectivity index (χ4n) is 1.96. The van der Waals surface area contributed by atoms with Crippen molar-refractivity contribution >= 4 is 23.0 Å². The van der Waals surface area contributed by atoms with Gasteiger partial charge in [-0.1, -0.05) is 29.8 Å². The fraction of sp³-hybridized carbons (Fsp3) is 0.294. The Bertz CT molecular complexity index is 628. The van der Waals surface area contributed by atoms with E-state index in [1.165, 1.54) is 5.56 Å².